The molecule has 0 aromatic heterocycles. The summed E-state index contributed by atoms with van der Waals surface area (Å²) < 4.78 is 34.2. The quantitative estimate of drug-likeness (QED) is 0.586. The first-order chi connectivity index (χ1) is 13.8. The first-order valence-corrected chi connectivity index (χ1v) is 8.56. The average molecular weight is 402 g/mol. The summed E-state index contributed by atoms with van der Waals surface area (Å²) in [6, 6.07) is 11.4. The number of fused-ring (bicyclic) bond motifs is 1. The zero-order chi connectivity index (χ0) is 21.1. The van der Waals surface area contributed by atoms with Crippen molar-refractivity contribution in [3.05, 3.63) is 70.8 Å². The maximum absolute atomic E-state index is 12.8. The van der Waals surface area contributed by atoms with Crippen LogP contribution in [0.3, 0.4) is 0 Å². The molecule has 8 heteroatoms. The number of esters is 1. The maximum Gasteiger partial charge on any atom is 0.387 e. The molecule has 1 atom stereocenters. The number of alkyl halides is 2. The van der Waals surface area contributed by atoms with Crippen LogP contribution in [-0.4, -0.2) is 36.4 Å². The van der Waals surface area contributed by atoms with Crippen LogP contribution in [0.2, 0.25) is 0 Å². The van der Waals surface area contributed by atoms with Gasteiger partial charge in [-0.3, -0.25) is 14.4 Å². The van der Waals surface area contributed by atoms with Crippen molar-refractivity contribution in [2.24, 2.45) is 0 Å². The molecule has 0 heterocycles. The third-order valence-electron chi connectivity index (χ3n) is 4.57. The molecule has 150 valence electrons. The second kappa shape index (κ2) is 8.22. The van der Waals surface area contributed by atoms with Crippen LogP contribution in [0.4, 0.5) is 8.78 Å². The van der Waals surface area contributed by atoms with Gasteiger partial charge in [-0.2, -0.15) is 8.78 Å². The molecule has 0 saturated heterocycles. The lowest BCUT2D eigenvalue weighted by atomic mass is 9.78. The number of methoxy groups -OCH3 is 1. The lowest BCUT2D eigenvalue weighted by Crippen LogP contribution is -2.28. The number of carbonyl (C=O) groups is 3. The van der Waals surface area contributed by atoms with E-state index in [1.54, 1.807) is 12.1 Å². The van der Waals surface area contributed by atoms with Crippen LogP contribution in [0.15, 0.2) is 54.1 Å². The number of halogens is 2. The van der Waals surface area contributed by atoms with E-state index >= 15 is 0 Å². The predicted octanol–water partition coefficient (Wildman–Crippen LogP) is 3.67. The van der Waals surface area contributed by atoms with Crippen molar-refractivity contribution < 1.29 is 37.7 Å². The van der Waals surface area contributed by atoms with Gasteiger partial charge in [0.2, 0.25) is 11.6 Å². The number of benzene rings is 2. The normalized spacial score (nSPS) is 14.6. The maximum atomic E-state index is 12.8. The zero-order valence-electron chi connectivity index (χ0n) is 15.2. The summed E-state index contributed by atoms with van der Waals surface area (Å²) in [7, 11) is 1.15. The minimum Gasteiger partial charge on any atom is -0.507 e. The lowest BCUT2D eigenvalue weighted by Gasteiger charge is -2.24. The Morgan fingerprint density at radius 3 is 2.38 bits per heavy atom. The van der Waals surface area contributed by atoms with Gasteiger partial charge < -0.3 is 14.6 Å². The zero-order valence-corrected chi connectivity index (χ0v) is 15.2. The molecule has 1 unspecified atom stereocenters. The molecule has 3 rings (SSSR count). The standard InChI is InChI=1S/C21H16F2O6/c1-28-16(24)10-15(11-5-4-6-12(9-11)29-21(22)23)17-18(25)13-7-2-3-8-14(13)19(26)20(17)27/h2-9,15,21,25H,10H2,1H3. The van der Waals surface area contributed by atoms with Gasteiger partial charge in [0, 0.05) is 17.0 Å². The molecule has 0 aliphatic heterocycles. The first-order valence-electron chi connectivity index (χ1n) is 8.56. The summed E-state index contributed by atoms with van der Waals surface area (Å²) in [6.45, 7) is -3.07. The average Bonchev–Trinajstić information content (AvgIpc) is 2.71. The molecule has 0 bridgehead atoms. The van der Waals surface area contributed by atoms with E-state index < -0.39 is 42.2 Å². The largest absolute Gasteiger partial charge is 0.507 e. The van der Waals surface area contributed by atoms with E-state index in [0.717, 1.165) is 7.11 Å². The monoisotopic (exact) mass is 402 g/mol. The number of aliphatic hydroxyl groups is 1. The Kier molecular flexibility index (Phi) is 5.72. The summed E-state index contributed by atoms with van der Waals surface area (Å²) in [5, 5.41) is 10.7. The van der Waals surface area contributed by atoms with Crippen molar-refractivity contribution in [3.63, 3.8) is 0 Å². The molecule has 0 spiro atoms. The number of hydrogen-bond acceptors (Lipinski definition) is 6. The molecule has 1 aliphatic rings. The van der Waals surface area contributed by atoms with Gasteiger partial charge in [-0.15, -0.1) is 0 Å². The summed E-state index contributed by atoms with van der Waals surface area (Å²) >= 11 is 0. The van der Waals surface area contributed by atoms with Crippen molar-refractivity contribution in [1.82, 2.24) is 0 Å². The highest BCUT2D eigenvalue weighted by Gasteiger charge is 2.38. The second-order valence-corrected chi connectivity index (χ2v) is 6.25. The van der Waals surface area contributed by atoms with Gasteiger partial charge >= 0.3 is 12.6 Å². The Bertz CT molecular complexity index is 1010. The second-order valence-electron chi connectivity index (χ2n) is 6.25. The van der Waals surface area contributed by atoms with Crippen molar-refractivity contribution >= 4 is 23.3 Å². The van der Waals surface area contributed by atoms with Gasteiger partial charge in [0.1, 0.15) is 11.5 Å². The number of Topliss-reactive ketones (excluding diaryl/α,β-unsaturated/α-hetero) is 2. The first kappa shape index (κ1) is 20.2. The predicted molar refractivity (Wildman–Crippen MR) is 97.8 cm³/mol. The van der Waals surface area contributed by atoms with Gasteiger partial charge in [0.25, 0.3) is 0 Å². The molecule has 0 radical (unpaired) electrons. The highest BCUT2D eigenvalue weighted by Crippen LogP contribution is 2.39. The van der Waals surface area contributed by atoms with Gasteiger partial charge in [0.05, 0.1) is 19.1 Å². The number of rotatable bonds is 6. The summed E-state index contributed by atoms with van der Waals surface area (Å²) in [5.41, 5.74) is 0.135. The van der Waals surface area contributed by atoms with Gasteiger partial charge in [-0.05, 0) is 17.7 Å². The molecular weight excluding hydrogens is 386 g/mol. The Balaban J connectivity index is 2.16. The van der Waals surface area contributed by atoms with E-state index in [9.17, 15) is 28.3 Å². The Hall–Kier alpha value is -3.55. The molecular formula is C21H16F2O6. The number of hydrogen-bond donors (Lipinski definition) is 1. The van der Waals surface area contributed by atoms with Crippen molar-refractivity contribution in [2.75, 3.05) is 7.11 Å². The van der Waals surface area contributed by atoms with Crippen LogP contribution in [0.1, 0.15) is 33.8 Å². The smallest absolute Gasteiger partial charge is 0.387 e. The number of ketones is 2. The van der Waals surface area contributed by atoms with Gasteiger partial charge in [-0.25, -0.2) is 0 Å². The van der Waals surface area contributed by atoms with E-state index in [1.807, 2.05) is 0 Å². The summed E-state index contributed by atoms with van der Waals surface area (Å²) in [4.78, 5) is 37.3. The fourth-order valence-electron chi connectivity index (χ4n) is 3.25. The lowest BCUT2D eigenvalue weighted by molar-refractivity contribution is -0.140. The van der Waals surface area contributed by atoms with E-state index in [-0.39, 0.29) is 28.0 Å². The Morgan fingerprint density at radius 2 is 1.72 bits per heavy atom. The van der Waals surface area contributed by atoms with E-state index in [0.29, 0.717) is 0 Å². The molecule has 0 amide bonds. The van der Waals surface area contributed by atoms with Crippen LogP contribution >= 0.6 is 0 Å². The number of aliphatic hydroxyl groups excluding tert-OH is 1. The molecule has 0 saturated carbocycles. The molecule has 6 nitrogen and oxygen atoms in total. The highest BCUT2D eigenvalue weighted by molar-refractivity contribution is 6.52. The van der Waals surface area contributed by atoms with Crippen LogP contribution in [0, 0.1) is 0 Å². The fourth-order valence-corrected chi connectivity index (χ4v) is 3.25. The minimum absolute atomic E-state index is 0.0466. The molecule has 2 aromatic rings. The minimum atomic E-state index is -3.07. The van der Waals surface area contributed by atoms with E-state index in [4.69, 9.17) is 0 Å². The highest BCUT2D eigenvalue weighted by atomic mass is 19.3. The summed E-state index contributed by atoms with van der Waals surface area (Å²) in [5.74, 6) is -4.26. The third-order valence-corrected chi connectivity index (χ3v) is 4.57. The van der Waals surface area contributed by atoms with Crippen molar-refractivity contribution in [3.8, 4) is 5.75 Å². The number of carbonyl (C=O) groups excluding carboxylic acids is 3. The Labute approximate surface area is 164 Å². The number of ether oxygens (including phenoxy) is 2. The topological polar surface area (TPSA) is 89.9 Å². The molecule has 1 aliphatic carbocycles. The van der Waals surface area contributed by atoms with Crippen LogP contribution < -0.4 is 4.74 Å². The van der Waals surface area contributed by atoms with E-state index in [2.05, 4.69) is 9.47 Å². The van der Waals surface area contributed by atoms with Crippen LogP contribution in [-0.2, 0) is 14.3 Å². The molecule has 1 N–H and O–H groups in total. The molecule has 29 heavy (non-hydrogen) atoms. The number of allylic oxidation sites excluding steroid dienone is 1. The SMILES string of the molecule is COC(=O)CC(C1=C(O)c2ccccc2C(=O)C1=O)c1cccc(OC(F)F)c1. The van der Waals surface area contributed by atoms with E-state index in [1.165, 1.54) is 36.4 Å². The molecule has 2 aromatic carbocycles. The van der Waals surface area contributed by atoms with Gasteiger partial charge in [0.15, 0.2) is 0 Å². The fraction of sp³-hybridized carbons (Fsp3) is 0.190. The Morgan fingerprint density at radius 1 is 1.03 bits per heavy atom. The van der Waals surface area contributed by atoms with Crippen molar-refractivity contribution in [2.45, 2.75) is 19.0 Å². The van der Waals surface area contributed by atoms with Gasteiger partial charge in [-0.1, -0.05) is 36.4 Å². The third kappa shape index (κ3) is 4.01. The van der Waals surface area contributed by atoms with Crippen molar-refractivity contribution in [1.29, 1.82) is 0 Å². The van der Waals surface area contributed by atoms with Crippen LogP contribution in [0.5, 0.6) is 5.75 Å². The summed E-state index contributed by atoms with van der Waals surface area (Å²) in [6.07, 6.45) is -0.394. The molecule has 0 fully saturated rings. The van der Waals surface area contributed by atoms with Crippen LogP contribution in [0.25, 0.3) is 5.76 Å².